The van der Waals surface area contributed by atoms with E-state index in [-0.39, 0.29) is 22.1 Å². The Bertz CT molecular complexity index is 755. The molecule has 2 saturated heterocycles. The summed E-state index contributed by atoms with van der Waals surface area (Å²) in [5.74, 6) is 0.383. The van der Waals surface area contributed by atoms with Crippen LogP contribution in [0.15, 0.2) is 9.42 Å². The van der Waals surface area contributed by atoms with Crippen molar-refractivity contribution < 1.29 is 22.5 Å². The molecule has 9 heteroatoms. The monoisotopic (exact) mass is 371 g/mol. The molecule has 2 fully saturated rings. The van der Waals surface area contributed by atoms with Gasteiger partial charge in [-0.3, -0.25) is 4.79 Å². The molecule has 1 amide bonds. The van der Waals surface area contributed by atoms with Crippen molar-refractivity contribution >= 4 is 15.9 Å². The van der Waals surface area contributed by atoms with E-state index in [2.05, 4.69) is 5.16 Å². The molecule has 0 aliphatic carbocycles. The van der Waals surface area contributed by atoms with Crippen molar-refractivity contribution in [2.75, 3.05) is 39.9 Å². The molecule has 0 aromatic carbocycles. The molecule has 1 aromatic heterocycles. The number of carbonyl (C=O) groups is 1. The number of sulfonamides is 1. The number of ether oxygens (including phenoxy) is 1. The zero-order valence-electron chi connectivity index (χ0n) is 15.1. The van der Waals surface area contributed by atoms with Crippen LogP contribution in [0.3, 0.4) is 0 Å². The van der Waals surface area contributed by atoms with Crippen LogP contribution in [-0.4, -0.2) is 68.6 Å². The minimum absolute atomic E-state index is 0.0185. The van der Waals surface area contributed by atoms with E-state index in [0.29, 0.717) is 50.7 Å². The molecule has 2 atom stereocenters. The van der Waals surface area contributed by atoms with Crippen molar-refractivity contribution in [1.29, 1.82) is 0 Å². The molecule has 0 radical (unpaired) electrons. The highest BCUT2D eigenvalue weighted by Crippen LogP contribution is 2.44. The number of methoxy groups -OCH3 is 1. The predicted octanol–water partition coefficient (Wildman–Crippen LogP) is 0.797. The molecule has 2 aliphatic heterocycles. The van der Waals surface area contributed by atoms with E-state index in [1.165, 1.54) is 4.31 Å². The van der Waals surface area contributed by atoms with Crippen LogP contribution >= 0.6 is 0 Å². The number of fused-ring (bicyclic) bond motifs is 1. The van der Waals surface area contributed by atoms with Crippen LogP contribution in [0.4, 0.5) is 0 Å². The number of nitrogens with zero attached hydrogens (tertiary/aromatic N) is 3. The summed E-state index contributed by atoms with van der Waals surface area (Å²) in [6.07, 6.45) is 0.665. The third-order valence-corrected chi connectivity index (χ3v) is 7.65. The Morgan fingerprint density at radius 2 is 2.12 bits per heavy atom. The topological polar surface area (TPSA) is 92.9 Å². The summed E-state index contributed by atoms with van der Waals surface area (Å²) in [6, 6.07) is 0. The summed E-state index contributed by atoms with van der Waals surface area (Å²) in [6.45, 7) is 7.29. The SMILES string of the molecule is COCC12CCN(S(=O)(=O)c3c(C)noc3C)CC1CN(C(C)=O)C2. The van der Waals surface area contributed by atoms with E-state index in [1.54, 1.807) is 32.8 Å². The van der Waals surface area contributed by atoms with Crippen LogP contribution in [0.2, 0.25) is 0 Å². The van der Waals surface area contributed by atoms with Gasteiger partial charge in [0.25, 0.3) is 0 Å². The number of amides is 1. The van der Waals surface area contributed by atoms with Gasteiger partial charge >= 0.3 is 0 Å². The number of hydrogen-bond donors (Lipinski definition) is 0. The molecule has 2 aliphatic rings. The van der Waals surface area contributed by atoms with Crippen molar-refractivity contribution in [3.8, 4) is 0 Å². The lowest BCUT2D eigenvalue weighted by molar-refractivity contribution is -0.128. The van der Waals surface area contributed by atoms with Gasteiger partial charge in [-0.25, -0.2) is 8.42 Å². The van der Waals surface area contributed by atoms with Gasteiger partial charge in [-0.2, -0.15) is 4.31 Å². The quantitative estimate of drug-likeness (QED) is 0.777. The summed E-state index contributed by atoms with van der Waals surface area (Å²) < 4.78 is 38.1. The molecule has 2 unspecified atom stereocenters. The molecule has 25 heavy (non-hydrogen) atoms. The minimum Gasteiger partial charge on any atom is -0.384 e. The second-order valence-electron chi connectivity index (χ2n) is 7.16. The lowest BCUT2D eigenvalue weighted by atomic mass is 9.74. The maximum atomic E-state index is 13.1. The Morgan fingerprint density at radius 3 is 2.68 bits per heavy atom. The molecule has 140 valence electrons. The number of piperidine rings is 1. The molecule has 0 bridgehead atoms. The Balaban J connectivity index is 1.88. The van der Waals surface area contributed by atoms with E-state index in [1.807, 2.05) is 0 Å². The number of rotatable bonds is 4. The fourth-order valence-corrected chi connectivity index (χ4v) is 5.98. The predicted molar refractivity (Wildman–Crippen MR) is 89.4 cm³/mol. The maximum absolute atomic E-state index is 13.1. The normalized spacial score (nSPS) is 27.5. The molecule has 0 saturated carbocycles. The average molecular weight is 371 g/mol. The highest BCUT2D eigenvalue weighted by Gasteiger charge is 2.52. The average Bonchev–Trinajstić information content (AvgIpc) is 3.07. The summed E-state index contributed by atoms with van der Waals surface area (Å²) in [5, 5.41) is 3.77. The fraction of sp³-hybridized carbons (Fsp3) is 0.750. The Morgan fingerprint density at radius 1 is 1.40 bits per heavy atom. The number of likely N-dealkylation sites (tertiary alicyclic amines) is 1. The Kier molecular flexibility index (Phi) is 4.67. The zero-order valence-corrected chi connectivity index (χ0v) is 15.9. The molecule has 3 heterocycles. The summed E-state index contributed by atoms with van der Waals surface area (Å²) in [4.78, 5) is 13.8. The Labute approximate surface area is 148 Å². The van der Waals surface area contributed by atoms with Gasteiger partial charge in [0.15, 0.2) is 5.76 Å². The fourth-order valence-electron chi connectivity index (χ4n) is 4.21. The zero-order chi connectivity index (χ0) is 18.4. The van der Waals surface area contributed by atoms with Gasteiger partial charge in [0, 0.05) is 45.6 Å². The third kappa shape index (κ3) is 2.98. The third-order valence-electron chi connectivity index (χ3n) is 5.54. The van der Waals surface area contributed by atoms with Gasteiger partial charge in [-0.15, -0.1) is 0 Å². The highest BCUT2D eigenvalue weighted by molar-refractivity contribution is 7.89. The van der Waals surface area contributed by atoms with E-state index in [4.69, 9.17) is 9.26 Å². The number of aromatic nitrogens is 1. The van der Waals surface area contributed by atoms with Gasteiger partial charge in [0.1, 0.15) is 10.6 Å². The second kappa shape index (κ2) is 6.37. The van der Waals surface area contributed by atoms with Crippen molar-refractivity contribution in [2.24, 2.45) is 11.3 Å². The van der Waals surface area contributed by atoms with E-state index < -0.39 is 10.0 Å². The number of carbonyl (C=O) groups excluding carboxylic acids is 1. The summed E-state index contributed by atoms with van der Waals surface area (Å²) in [7, 11) is -2.02. The van der Waals surface area contributed by atoms with Crippen molar-refractivity contribution in [2.45, 2.75) is 32.1 Å². The second-order valence-corrected chi connectivity index (χ2v) is 9.03. The van der Waals surface area contributed by atoms with Gasteiger partial charge in [0.05, 0.1) is 6.61 Å². The smallest absolute Gasteiger partial charge is 0.248 e. The van der Waals surface area contributed by atoms with Crippen LogP contribution in [0.1, 0.15) is 24.8 Å². The van der Waals surface area contributed by atoms with Crippen LogP contribution in [-0.2, 0) is 19.6 Å². The van der Waals surface area contributed by atoms with Crippen LogP contribution in [0.25, 0.3) is 0 Å². The minimum atomic E-state index is -3.67. The van der Waals surface area contributed by atoms with Gasteiger partial charge in [0.2, 0.25) is 15.9 Å². The van der Waals surface area contributed by atoms with Gasteiger partial charge in [-0.05, 0) is 26.2 Å². The first-order chi connectivity index (χ1) is 11.7. The molecular weight excluding hydrogens is 346 g/mol. The lowest BCUT2D eigenvalue weighted by Crippen LogP contribution is -2.50. The van der Waals surface area contributed by atoms with E-state index in [0.717, 1.165) is 0 Å². The molecule has 0 N–H and O–H groups in total. The maximum Gasteiger partial charge on any atom is 0.248 e. The standard InChI is InChI=1S/C16H25N3O5S/c1-11-15(12(2)24-17-11)25(21,22)19-6-5-16(10-23-4)9-18(13(3)20)7-14(16)8-19/h14H,5-10H2,1-4H3. The Hall–Kier alpha value is -1.45. The van der Waals surface area contributed by atoms with E-state index in [9.17, 15) is 13.2 Å². The lowest BCUT2D eigenvalue weighted by Gasteiger charge is -2.42. The first-order valence-electron chi connectivity index (χ1n) is 8.39. The summed E-state index contributed by atoms with van der Waals surface area (Å²) >= 11 is 0. The molecule has 3 rings (SSSR count). The van der Waals surface area contributed by atoms with Crippen LogP contribution < -0.4 is 0 Å². The molecule has 1 aromatic rings. The van der Waals surface area contributed by atoms with Crippen LogP contribution in [0, 0.1) is 25.2 Å². The van der Waals surface area contributed by atoms with Crippen molar-refractivity contribution in [3.05, 3.63) is 11.5 Å². The van der Waals surface area contributed by atoms with Crippen molar-refractivity contribution in [1.82, 2.24) is 14.4 Å². The first kappa shape index (κ1) is 18.3. The van der Waals surface area contributed by atoms with Gasteiger partial charge < -0.3 is 14.2 Å². The number of hydrogen-bond acceptors (Lipinski definition) is 6. The number of aryl methyl sites for hydroxylation is 2. The van der Waals surface area contributed by atoms with Gasteiger partial charge in [-0.1, -0.05) is 5.16 Å². The molecule has 8 nitrogen and oxygen atoms in total. The molecule has 0 spiro atoms. The molecular formula is C16H25N3O5S. The largest absolute Gasteiger partial charge is 0.384 e. The van der Waals surface area contributed by atoms with Crippen molar-refractivity contribution in [3.63, 3.8) is 0 Å². The first-order valence-corrected chi connectivity index (χ1v) is 9.83. The highest BCUT2D eigenvalue weighted by atomic mass is 32.2. The van der Waals surface area contributed by atoms with E-state index >= 15 is 0 Å². The van der Waals surface area contributed by atoms with Crippen LogP contribution in [0.5, 0.6) is 0 Å². The summed E-state index contributed by atoms with van der Waals surface area (Å²) in [5.41, 5.74) is 0.202.